The van der Waals surface area contributed by atoms with Gasteiger partial charge < -0.3 is 14.2 Å². The smallest absolute Gasteiger partial charge is 0.310 e. The third-order valence-corrected chi connectivity index (χ3v) is 10.1. The summed E-state index contributed by atoms with van der Waals surface area (Å²) in [6, 6.07) is 0. The number of hydrogen-bond acceptors (Lipinski definition) is 6. The molecule has 0 aromatic rings. The van der Waals surface area contributed by atoms with E-state index >= 15 is 0 Å². The van der Waals surface area contributed by atoms with Crippen LogP contribution in [0.5, 0.6) is 0 Å². The van der Waals surface area contributed by atoms with Crippen molar-refractivity contribution in [2.24, 2.45) is 0 Å². The molecule has 0 aromatic heterocycles. The van der Waals surface area contributed by atoms with E-state index in [4.69, 9.17) is 14.2 Å². The van der Waals surface area contributed by atoms with Gasteiger partial charge in [0.1, 0.15) is 13.2 Å². The Morgan fingerprint density at radius 1 is 0.296 bits per heavy atom. The van der Waals surface area contributed by atoms with Crippen molar-refractivity contribution in [2.75, 3.05) is 13.2 Å². The Labute approximate surface area is 433 Å². The highest BCUT2D eigenvalue weighted by Gasteiger charge is 2.19. The van der Waals surface area contributed by atoms with E-state index in [2.05, 4.69) is 191 Å². The van der Waals surface area contributed by atoms with E-state index in [-0.39, 0.29) is 38.4 Å². The molecule has 0 aliphatic heterocycles. The lowest BCUT2D eigenvalue weighted by atomic mass is 10.1. The topological polar surface area (TPSA) is 78.9 Å². The van der Waals surface area contributed by atoms with Crippen molar-refractivity contribution >= 4 is 17.9 Å². The number of allylic oxidation sites excluding steroid dienone is 31. The lowest BCUT2D eigenvalue weighted by Crippen LogP contribution is -2.30. The van der Waals surface area contributed by atoms with E-state index in [1.807, 2.05) is 18.2 Å². The molecule has 0 aliphatic rings. The largest absolute Gasteiger partial charge is 0.462 e. The first-order valence-corrected chi connectivity index (χ1v) is 26.9. The number of hydrogen-bond donors (Lipinski definition) is 0. The molecule has 71 heavy (non-hydrogen) atoms. The number of esters is 3. The summed E-state index contributed by atoms with van der Waals surface area (Å²) >= 11 is 0. The first-order chi connectivity index (χ1) is 35.0. The van der Waals surface area contributed by atoms with Crippen LogP contribution in [0.1, 0.15) is 175 Å². The monoisotopic (exact) mass is 971 g/mol. The standard InChI is InChI=1S/C65H94O6/c1-4-7-10-13-16-19-22-25-27-28-29-30-31-32-33-34-35-36-38-40-43-46-49-52-55-58-64(67)70-61-62(60-69-63(66)57-54-51-48-45-42-39-24-21-18-15-12-9-6-3)71-65(68)59-56-53-50-47-44-41-37-26-23-20-17-14-11-8-5-2/h7-12,16-21,25-27,29-30,32-33,35-37,39-40,42-44,47-48,51,53,56,62H,4-6,13-15,22-24,28,31,34,38,41,45-46,49-50,52,54-55,57-61H2,1-3H3/b10-7-,11-8-,12-9-,19-16-,20-17-,21-18-,27-25-,30-29-,33-32-,36-35-,37-26-,42-39-,43-40-,47-44-,51-48-,56-53-. The molecule has 0 amide bonds. The Kier molecular flexibility index (Phi) is 52.2. The second-order valence-corrected chi connectivity index (χ2v) is 16.7. The van der Waals surface area contributed by atoms with Crippen LogP contribution in [-0.4, -0.2) is 37.2 Å². The van der Waals surface area contributed by atoms with Crippen LogP contribution in [0, 0.1) is 0 Å². The van der Waals surface area contributed by atoms with Crippen molar-refractivity contribution in [2.45, 2.75) is 181 Å². The van der Waals surface area contributed by atoms with E-state index in [9.17, 15) is 14.4 Å². The fourth-order valence-electron chi connectivity index (χ4n) is 6.21. The molecule has 0 aliphatic carbocycles. The molecule has 0 bridgehead atoms. The molecule has 390 valence electrons. The van der Waals surface area contributed by atoms with Crippen LogP contribution >= 0.6 is 0 Å². The number of rotatable bonds is 45. The average Bonchev–Trinajstić information content (AvgIpc) is 3.37. The summed E-state index contributed by atoms with van der Waals surface area (Å²) in [5.41, 5.74) is 0. The average molecular weight is 971 g/mol. The van der Waals surface area contributed by atoms with Crippen molar-refractivity contribution in [1.29, 1.82) is 0 Å². The van der Waals surface area contributed by atoms with Gasteiger partial charge in [0.2, 0.25) is 0 Å². The zero-order chi connectivity index (χ0) is 51.4. The van der Waals surface area contributed by atoms with Crippen molar-refractivity contribution < 1.29 is 28.6 Å². The van der Waals surface area contributed by atoms with Crippen molar-refractivity contribution in [3.05, 3.63) is 194 Å². The second kappa shape index (κ2) is 56.8. The highest BCUT2D eigenvalue weighted by Crippen LogP contribution is 2.09. The molecule has 1 unspecified atom stereocenters. The molecule has 0 saturated heterocycles. The van der Waals surface area contributed by atoms with Gasteiger partial charge in [-0.2, -0.15) is 0 Å². The van der Waals surface area contributed by atoms with Crippen LogP contribution in [0.4, 0.5) is 0 Å². The molecule has 0 N–H and O–H groups in total. The van der Waals surface area contributed by atoms with Gasteiger partial charge in [0.25, 0.3) is 0 Å². The van der Waals surface area contributed by atoms with Crippen LogP contribution in [0.25, 0.3) is 0 Å². The first kappa shape index (κ1) is 65.2. The van der Waals surface area contributed by atoms with Crippen molar-refractivity contribution in [3.8, 4) is 0 Å². The summed E-state index contributed by atoms with van der Waals surface area (Å²) in [5, 5.41) is 0. The van der Waals surface area contributed by atoms with E-state index in [1.165, 1.54) is 0 Å². The molecular weight excluding hydrogens is 877 g/mol. The minimum Gasteiger partial charge on any atom is -0.462 e. The minimum absolute atomic E-state index is 0.0631. The van der Waals surface area contributed by atoms with Gasteiger partial charge in [-0.25, -0.2) is 0 Å². The molecule has 0 heterocycles. The summed E-state index contributed by atoms with van der Waals surface area (Å²) in [7, 11) is 0. The van der Waals surface area contributed by atoms with Crippen LogP contribution in [0.2, 0.25) is 0 Å². The Balaban J connectivity index is 4.62. The Morgan fingerprint density at radius 3 is 0.915 bits per heavy atom. The van der Waals surface area contributed by atoms with Gasteiger partial charge in [0.15, 0.2) is 6.10 Å². The third kappa shape index (κ3) is 55.1. The van der Waals surface area contributed by atoms with Crippen molar-refractivity contribution in [1.82, 2.24) is 0 Å². The minimum atomic E-state index is -0.887. The van der Waals surface area contributed by atoms with Gasteiger partial charge in [0.05, 0.1) is 6.42 Å². The van der Waals surface area contributed by atoms with Gasteiger partial charge in [-0.05, 0) is 128 Å². The number of unbranched alkanes of at least 4 members (excludes halogenated alkanes) is 3. The number of carbonyl (C=O) groups is 3. The molecule has 1 atom stereocenters. The molecule has 0 aromatic carbocycles. The summed E-state index contributed by atoms with van der Waals surface area (Å²) in [6.07, 6.45) is 87.5. The molecule has 0 spiro atoms. The summed E-state index contributed by atoms with van der Waals surface area (Å²) in [6.45, 7) is 6.07. The van der Waals surface area contributed by atoms with Crippen LogP contribution in [-0.2, 0) is 28.6 Å². The van der Waals surface area contributed by atoms with Crippen LogP contribution < -0.4 is 0 Å². The molecule has 0 radical (unpaired) electrons. The summed E-state index contributed by atoms with van der Waals surface area (Å²) in [4.78, 5) is 37.9. The van der Waals surface area contributed by atoms with E-state index < -0.39 is 18.0 Å². The van der Waals surface area contributed by atoms with Crippen LogP contribution in [0.3, 0.4) is 0 Å². The van der Waals surface area contributed by atoms with Gasteiger partial charge in [0, 0.05) is 12.8 Å². The lowest BCUT2D eigenvalue weighted by molar-refractivity contribution is -0.166. The SMILES string of the molecule is CC/C=C\C/C=C\C/C=C\C/C=C\C/C=C\C/C=C\C/C=C\CCCCCC(=O)OCC(COC(=O)CC/C=C\C/C=C\C/C=C\C/C=C\CC)OC(=O)C/C=C\C/C=C\C/C=C\C/C=C\C/C=C\CC. The fourth-order valence-corrected chi connectivity index (χ4v) is 6.21. The molecule has 6 nitrogen and oxygen atoms in total. The highest BCUT2D eigenvalue weighted by molar-refractivity contribution is 5.72. The quantitative estimate of drug-likeness (QED) is 0.0262. The predicted molar refractivity (Wildman–Crippen MR) is 306 cm³/mol. The fraction of sp³-hybridized carbons (Fsp3) is 0.462. The van der Waals surface area contributed by atoms with Crippen LogP contribution in [0.15, 0.2) is 194 Å². The third-order valence-electron chi connectivity index (χ3n) is 10.1. The molecule has 0 saturated carbocycles. The summed E-state index contributed by atoms with van der Waals surface area (Å²) < 4.78 is 16.6. The maximum absolute atomic E-state index is 12.8. The van der Waals surface area contributed by atoms with Gasteiger partial charge in [-0.15, -0.1) is 0 Å². The molecule has 0 fully saturated rings. The Morgan fingerprint density at radius 2 is 0.577 bits per heavy atom. The van der Waals surface area contributed by atoms with E-state index in [0.29, 0.717) is 19.3 Å². The van der Waals surface area contributed by atoms with Crippen molar-refractivity contribution in [3.63, 3.8) is 0 Å². The van der Waals surface area contributed by atoms with Gasteiger partial charge in [-0.3, -0.25) is 14.4 Å². The number of ether oxygens (including phenoxy) is 3. The van der Waals surface area contributed by atoms with Gasteiger partial charge in [-0.1, -0.05) is 222 Å². The maximum Gasteiger partial charge on any atom is 0.310 e. The number of carbonyl (C=O) groups excluding carboxylic acids is 3. The Bertz CT molecular complexity index is 1780. The molecular formula is C65H94O6. The molecule has 0 rings (SSSR count). The predicted octanol–water partition coefficient (Wildman–Crippen LogP) is 18.3. The maximum atomic E-state index is 12.8. The van der Waals surface area contributed by atoms with Gasteiger partial charge >= 0.3 is 17.9 Å². The first-order valence-electron chi connectivity index (χ1n) is 26.9. The zero-order valence-electron chi connectivity index (χ0n) is 44.4. The molecule has 6 heteroatoms. The normalized spacial score (nSPS) is 13.7. The highest BCUT2D eigenvalue weighted by atomic mass is 16.6. The second-order valence-electron chi connectivity index (χ2n) is 16.7. The lowest BCUT2D eigenvalue weighted by Gasteiger charge is -2.18. The zero-order valence-corrected chi connectivity index (χ0v) is 44.4. The van der Waals surface area contributed by atoms with E-state index in [1.54, 1.807) is 6.08 Å². The summed E-state index contributed by atoms with van der Waals surface area (Å²) in [5.74, 6) is -1.23. The van der Waals surface area contributed by atoms with E-state index in [0.717, 1.165) is 116 Å². The Hall–Kier alpha value is -5.75.